The normalized spacial score (nSPS) is 20.4. The van der Waals surface area contributed by atoms with E-state index in [9.17, 15) is 0 Å². The van der Waals surface area contributed by atoms with Gasteiger partial charge in [-0.1, -0.05) is 41.1 Å². The lowest BCUT2D eigenvalue weighted by atomic mass is 9.98. The van der Waals surface area contributed by atoms with Gasteiger partial charge in [-0.25, -0.2) is 0 Å². The van der Waals surface area contributed by atoms with Crippen LogP contribution in [0, 0.1) is 5.41 Å². The molecule has 0 nitrogen and oxygen atoms in total. The van der Waals surface area contributed by atoms with E-state index in [1.807, 2.05) is 11.3 Å². The minimum absolute atomic E-state index is 0.504. The minimum Gasteiger partial charge on any atom is -0.143 e. The van der Waals surface area contributed by atoms with E-state index in [-0.39, 0.29) is 0 Å². The first-order valence-electron chi connectivity index (χ1n) is 5.31. The summed E-state index contributed by atoms with van der Waals surface area (Å²) in [6, 6.07) is 8.69. The molecular weight excluding hydrogens is 268 g/mol. The van der Waals surface area contributed by atoms with Crippen LogP contribution in [-0.4, -0.2) is 0 Å². The maximum atomic E-state index is 3.88. The summed E-state index contributed by atoms with van der Waals surface area (Å²) in [4.78, 5) is 0.529. The third kappa shape index (κ3) is 1.55. The number of fused-ring (bicyclic) bond motifs is 1. The molecule has 0 radical (unpaired) electrons. The van der Waals surface area contributed by atoms with Crippen LogP contribution in [0.5, 0.6) is 0 Å². The number of hydrogen-bond donors (Lipinski definition) is 0. The second-order valence-corrected chi connectivity index (χ2v) is 6.53. The van der Waals surface area contributed by atoms with Crippen LogP contribution in [0.3, 0.4) is 0 Å². The van der Waals surface area contributed by atoms with E-state index in [2.05, 4.69) is 52.5 Å². The zero-order valence-electron chi connectivity index (χ0n) is 8.66. The monoisotopic (exact) mass is 280 g/mol. The molecule has 0 bridgehead atoms. The van der Waals surface area contributed by atoms with Crippen LogP contribution in [0.15, 0.2) is 29.6 Å². The van der Waals surface area contributed by atoms with Crippen LogP contribution < -0.4 is 0 Å². The summed E-state index contributed by atoms with van der Waals surface area (Å²) in [7, 11) is 0. The van der Waals surface area contributed by atoms with E-state index in [1.54, 1.807) is 0 Å². The first-order chi connectivity index (χ1) is 7.21. The molecule has 1 aromatic carbocycles. The van der Waals surface area contributed by atoms with Crippen molar-refractivity contribution in [2.45, 2.75) is 24.6 Å². The summed E-state index contributed by atoms with van der Waals surface area (Å²) in [6.45, 7) is 2.37. The smallest absolute Gasteiger partial charge is 0.0463 e. The summed E-state index contributed by atoms with van der Waals surface area (Å²) in [6.07, 6.45) is 2.71. The Balaban J connectivity index is 2.11. The largest absolute Gasteiger partial charge is 0.143 e. The number of thiophene rings is 1. The molecule has 3 rings (SSSR count). The van der Waals surface area contributed by atoms with Gasteiger partial charge in [0.2, 0.25) is 0 Å². The molecule has 1 atom stereocenters. The number of hydrogen-bond acceptors (Lipinski definition) is 1. The van der Waals surface area contributed by atoms with Crippen molar-refractivity contribution < 1.29 is 0 Å². The first-order valence-corrected chi connectivity index (χ1v) is 7.10. The predicted molar refractivity (Wildman–Crippen MR) is 70.8 cm³/mol. The summed E-state index contributed by atoms with van der Waals surface area (Å²) in [5.74, 6) is 0. The fraction of sp³-hybridized carbons (Fsp3) is 0.385. The highest BCUT2D eigenvalue weighted by molar-refractivity contribution is 9.09. The third-order valence-electron chi connectivity index (χ3n) is 3.43. The predicted octanol–water partition coefficient (Wildman–Crippen LogP) is 5.14. The van der Waals surface area contributed by atoms with Gasteiger partial charge in [0.1, 0.15) is 0 Å². The molecule has 1 saturated carbocycles. The molecule has 78 valence electrons. The van der Waals surface area contributed by atoms with Gasteiger partial charge in [0.15, 0.2) is 0 Å². The highest BCUT2D eigenvalue weighted by Gasteiger charge is 2.44. The number of halogens is 1. The fourth-order valence-electron chi connectivity index (χ4n) is 2.02. The minimum atomic E-state index is 0.504. The maximum Gasteiger partial charge on any atom is 0.0463 e. The Bertz CT molecular complexity index is 496. The van der Waals surface area contributed by atoms with Crippen LogP contribution in [-0.2, 0) is 0 Å². The molecular formula is C13H13BrS. The van der Waals surface area contributed by atoms with Crippen molar-refractivity contribution in [2.75, 3.05) is 0 Å². The van der Waals surface area contributed by atoms with Gasteiger partial charge in [-0.15, -0.1) is 11.3 Å². The second kappa shape index (κ2) is 3.33. The molecule has 1 aromatic heterocycles. The first kappa shape index (κ1) is 9.86. The van der Waals surface area contributed by atoms with Crippen molar-refractivity contribution in [3.05, 3.63) is 35.2 Å². The molecule has 1 unspecified atom stereocenters. The Hall–Kier alpha value is -0.340. The molecule has 1 aliphatic carbocycles. The van der Waals surface area contributed by atoms with Crippen molar-refractivity contribution in [3.63, 3.8) is 0 Å². The molecule has 15 heavy (non-hydrogen) atoms. The summed E-state index contributed by atoms with van der Waals surface area (Å²) in [5.41, 5.74) is 1.99. The average molecular weight is 281 g/mol. The molecule has 1 fully saturated rings. The topological polar surface area (TPSA) is 0 Å². The van der Waals surface area contributed by atoms with Crippen LogP contribution in [0.2, 0.25) is 0 Å². The molecule has 1 aliphatic rings. The molecule has 0 aliphatic heterocycles. The van der Waals surface area contributed by atoms with Gasteiger partial charge in [-0.3, -0.25) is 0 Å². The van der Waals surface area contributed by atoms with Crippen molar-refractivity contribution >= 4 is 37.4 Å². The molecule has 0 saturated heterocycles. The van der Waals surface area contributed by atoms with E-state index in [1.165, 1.54) is 28.5 Å². The van der Waals surface area contributed by atoms with Gasteiger partial charge in [-0.05, 0) is 40.7 Å². The number of rotatable bonds is 2. The molecule has 2 heteroatoms. The van der Waals surface area contributed by atoms with Crippen LogP contribution in [0.4, 0.5) is 0 Å². The highest BCUT2D eigenvalue weighted by atomic mass is 79.9. The number of benzene rings is 1. The molecule has 1 heterocycles. The van der Waals surface area contributed by atoms with E-state index >= 15 is 0 Å². The van der Waals surface area contributed by atoms with Gasteiger partial charge < -0.3 is 0 Å². The molecule has 0 spiro atoms. The maximum absolute atomic E-state index is 3.88. The molecule has 0 amide bonds. The van der Waals surface area contributed by atoms with Crippen molar-refractivity contribution in [2.24, 2.45) is 5.41 Å². The van der Waals surface area contributed by atoms with Gasteiger partial charge >= 0.3 is 0 Å². The lowest BCUT2D eigenvalue weighted by Crippen LogP contribution is -2.02. The average Bonchev–Trinajstić information content (AvgIpc) is 2.87. The lowest BCUT2D eigenvalue weighted by Gasteiger charge is -2.16. The standard InChI is InChI=1S/C13H13BrS/c1-13(6-7-13)12(14)10-8-15-11-5-3-2-4-9(10)11/h2-5,8,12H,6-7H2,1H3. The van der Waals surface area contributed by atoms with Crippen LogP contribution >= 0.6 is 27.3 Å². The van der Waals surface area contributed by atoms with Crippen molar-refractivity contribution in [3.8, 4) is 0 Å². The number of alkyl halides is 1. The van der Waals surface area contributed by atoms with E-state index in [4.69, 9.17) is 0 Å². The van der Waals surface area contributed by atoms with E-state index in [0.717, 1.165) is 0 Å². The summed E-state index contributed by atoms with van der Waals surface area (Å²) >= 11 is 5.73. The Morgan fingerprint density at radius 3 is 2.80 bits per heavy atom. The summed E-state index contributed by atoms with van der Waals surface area (Å²) < 4.78 is 1.40. The van der Waals surface area contributed by atoms with Gasteiger partial charge in [0.05, 0.1) is 0 Å². The Labute approximate surface area is 102 Å². The Kier molecular flexibility index (Phi) is 2.18. The van der Waals surface area contributed by atoms with Gasteiger partial charge in [0, 0.05) is 9.53 Å². The quantitative estimate of drug-likeness (QED) is 0.669. The zero-order chi connectivity index (χ0) is 10.5. The highest BCUT2D eigenvalue weighted by Crippen LogP contribution is 2.59. The van der Waals surface area contributed by atoms with Crippen molar-refractivity contribution in [1.29, 1.82) is 0 Å². The van der Waals surface area contributed by atoms with Gasteiger partial charge in [-0.2, -0.15) is 0 Å². The fourth-order valence-corrected chi connectivity index (χ4v) is 4.02. The van der Waals surface area contributed by atoms with Crippen molar-refractivity contribution in [1.82, 2.24) is 0 Å². The van der Waals surface area contributed by atoms with E-state index in [0.29, 0.717) is 10.2 Å². The Morgan fingerprint density at radius 2 is 2.07 bits per heavy atom. The molecule has 2 aromatic rings. The van der Waals surface area contributed by atoms with Crippen LogP contribution in [0.25, 0.3) is 10.1 Å². The lowest BCUT2D eigenvalue weighted by molar-refractivity contribution is 0.568. The SMILES string of the molecule is CC1(C(Br)c2csc3ccccc23)CC1. The third-order valence-corrected chi connectivity index (χ3v) is 6.01. The second-order valence-electron chi connectivity index (χ2n) is 4.70. The van der Waals surface area contributed by atoms with E-state index < -0.39 is 0 Å². The summed E-state index contributed by atoms with van der Waals surface area (Å²) in [5, 5.41) is 3.74. The van der Waals surface area contributed by atoms with Gasteiger partial charge in [0.25, 0.3) is 0 Å². The van der Waals surface area contributed by atoms with Crippen LogP contribution in [0.1, 0.15) is 30.2 Å². The zero-order valence-corrected chi connectivity index (χ0v) is 11.1. The Morgan fingerprint density at radius 1 is 1.33 bits per heavy atom. The molecule has 0 N–H and O–H groups in total.